The molecule has 0 spiro atoms. The summed E-state index contributed by atoms with van der Waals surface area (Å²) in [5.74, 6) is -1.46. The molecule has 0 amide bonds. The summed E-state index contributed by atoms with van der Waals surface area (Å²) in [6.45, 7) is 0. The van der Waals surface area contributed by atoms with Crippen LogP contribution < -0.4 is 5.73 Å². The van der Waals surface area contributed by atoms with Gasteiger partial charge in [0.1, 0.15) is 6.04 Å². The Morgan fingerprint density at radius 1 is 1.21 bits per heavy atom. The second-order valence-corrected chi connectivity index (χ2v) is 2.73. The minimum atomic E-state index is -4.65. The molecule has 78 valence electrons. The number of phenols is 2. The summed E-state index contributed by atoms with van der Waals surface area (Å²) in [7, 11) is 0. The molecule has 0 aliphatic carbocycles. The summed E-state index contributed by atoms with van der Waals surface area (Å²) in [5, 5.41) is 18.0. The molecular formula is C8H8F3NO2. The topological polar surface area (TPSA) is 66.5 Å². The molecule has 0 aliphatic rings. The molecule has 1 aromatic rings. The van der Waals surface area contributed by atoms with Crippen molar-refractivity contribution in [2.75, 3.05) is 0 Å². The van der Waals surface area contributed by atoms with Crippen LogP contribution in [0.15, 0.2) is 18.2 Å². The van der Waals surface area contributed by atoms with Crippen LogP contribution in [-0.2, 0) is 0 Å². The lowest BCUT2D eigenvalue weighted by Crippen LogP contribution is -2.28. The Morgan fingerprint density at radius 3 is 2.29 bits per heavy atom. The maximum atomic E-state index is 12.1. The fourth-order valence-corrected chi connectivity index (χ4v) is 0.976. The molecule has 1 atom stereocenters. The van der Waals surface area contributed by atoms with Crippen molar-refractivity contribution in [2.45, 2.75) is 12.2 Å². The Hall–Kier alpha value is -1.43. The second kappa shape index (κ2) is 3.38. The molecule has 1 aromatic carbocycles. The highest BCUT2D eigenvalue weighted by Gasteiger charge is 2.39. The standard InChI is InChI=1S/C8H8F3NO2/c9-8(10,11)7(12)4-2-1-3-5(13)6(4)14/h1-3,7,13-14H,12H2/t7-/m0/s1. The third kappa shape index (κ3) is 1.90. The van der Waals surface area contributed by atoms with E-state index in [0.29, 0.717) is 0 Å². The van der Waals surface area contributed by atoms with E-state index in [1.54, 1.807) is 0 Å². The molecule has 0 saturated carbocycles. The van der Waals surface area contributed by atoms with Gasteiger partial charge in [0.05, 0.1) is 0 Å². The lowest BCUT2D eigenvalue weighted by molar-refractivity contribution is -0.149. The molecule has 6 heteroatoms. The van der Waals surface area contributed by atoms with Gasteiger partial charge in [-0.3, -0.25) is 0 Å². The van der Waals surface area contributed by atoms with Crippen LogP contribution in [0, 0.1) is 0 Å². The molecule has 0 bridgehead atoms. The zero-order valence-electron chi connectivity index (χ0n) is 6.92. The van der Waals surface area contributed by atoms with Gasteiger partial charge in [0.2, 0.25) is 0 Å². The molecule has 0 heterocycles. The van der Waals surface area contributed by atoms with E-state index in [1.165, 1.54) is 6.07 Å². The number of hydrogen-bond acceptors (Lipinski definition) is 3. The number of hydrogen-bond donors (Lipinski definition) is 3. The first-order valence-corrected chi connectivity index (χ1v) is 3.67. The molecule has 0 saturated heterocycles. The van der Waals surface area contributed by atoms with Crippen LogP contribution in [0.5, 0.6) is 11.5 Å². The van der Waals surface area contributed by atoms with Crippen LogP contribution in [0.25, 0.3) is 0 Å². The Labute approximate surface area is 77.6 Å². The van der Waals surface area contributed by atoms with Crippen LogP contribution in [0.2, 0.25) is 0 Å². The monoisotopic (exact) mass is 207 g/mol. The van der Waals surface area contributed by atoms with Crippen LogP contribution in [0.3, 0.4) is 0 Å². The summed E-state index contributed by atoms with van der Waals surface area (Å²) in [4.78, 5) is 0. The number of benzene rings is 1. The summed E-state index contributed by atoms with van der Waals surface area (Å²) in [6, 6.07) is 0.958. The molecule has 0 unspecified atom stereocenters. The van der Waals surface area contributed by atoms with Crippen LogP contribution in [-0.4, -0.2) is 16.4 Å². The average molecular weight is 207 g/mol. The van der Waals surface area contributed by atoms with Gasteiger partial charge in [-0.25, -0.2) is 0 Å². The minimum Gasteiger partial charge on any atom is -0.504 e. The molecule has 14 heavy (non-hydrogen) atoms. The van der Waals surface area contributed by atoms with E-state index in [4.69, 9.17) is 15.9 Å². The highest BCUT2D eigenvalue weighted by molar-refractivity contribution is 5.46. The van der Waals surface area contributed by atoms with Gasteiger partial charge in [0.15, 0.2) is 11.5 Å². The van der Waals surface area contributed by atoms with Crippen molar-refractivity contribution in [3.05, 3.63) is 23.8 Å². The zero-order chi connectivity index (χ0) is 10.9. The van der Waals surface area contributed by atoms with Gasteiger partial charge in [-0.2, -0.15) is 13.2 Å². The number of nitrogens with two attached hydrogens (primary N) is 1. The van der Waals surface area contributed by atoms with Gasteiger partial charge in [0.25, 0.3) is 0 Å². The highest BCUT2D eigenvalue weighted by Crippen LogP contribution is 2.38. The zero-order valence-corrected chi connectivity index (χ0v) is 6.92. The number of phenolic OH excluding ortho intramolecular Hbond substituents is 2. The Morgan fingerprint density at radius 2 is 1.79 bits per heavy atom. The quantitative estimate of drug-likeness (QED) is 0.613. The third-order valence-corrected chi connectivity index (χ3v) is 1.73. The van der Waals surface area contributed by atoms with Crippen LogP contribution in [0.4, 0.5) is 13.2 Å². The number of aromatic hydroxyl groups is 2. The van der Waals surface area contributed by atoms with E-state index in [2.05, 4.69) is 0 Å². The summed E-state index contributed by atoms with van der Waals surface area (Å²) in [5.41, 5.74) is 4.30. The first kappa shape index (κ1) is 10.6. The maximum Gasteiger partial charge on any atom is 0.407 e. The normalized spacial score (nSPS) is 14.0. The number of halogens is 3. The molecule has 0 fully saturated rings. The predicted molar refractivity (Wildman–Crippen MR) is 42.8 cm³/mol. The molecule has 4 N–H and O–H groups in total. The van der Waals surface area contributed by atoms with Gasteiger partial charge in [-0.05, 0) is 6.07 Å². The van der Waals surface area contributed by atoms with Gasteiger partial charge in [0, 0.05) is 5.56 Å². The van der Waals surface area contributed by atoms with Crippen molar-refractivity contribution in [3.63, 3.8) is 0 Å². The summed E-state index contributed by atoms with van der Waals surface area (Å²) < 4.78 is 36.4. The van der Waals surface area contributed by atoms with E-state index >= 15 is 0 Å². The van der Waals surface area contributed by atoms with Gasteiger partial charge >= 0.3 is 6.18 Å². The SMILES string of the molecule is N[C@@H](c1cccc(O)c1O)C(F)(F)F. The van der Waals surface area contributed by atoms with Crippen LogP contribution >= 0.6 is 0 Å². The molecular weight excluding hydrogens is 199 g/mol. The summed E-state index contributed by atoms with van der Waals surface area (Å²) in [6.07, 6.45) is -4.65. The second-order valence-electron chi connectivity index (χ2n) is 2.73. The van der Waals surface area contributed by atoms with E-state index in [-0.39, 0.29) is 0 Å². The van der Waals surface area contributed by atoms with Crippen LogP contribution in [0.1, 0.15) is 11.6 Å². The van der Waals surface area contributed by atoms with Gasteiger partial charge in [-0.1, -0.05) is 12.1 Å². The van der Waals surface area contributed by atoms with Gasteiger partial charge < -0.3 is 15.9 Å². The summed E-state index contributed by atoms with van der Waals surface area (Å²) >= 11 is 0. The molecule has 1 rings (SSSR count). The van der Waals surface area contributed by atoms with Crippen molar-refractivity contribution < 1.29 is 23.4 Å². The fourth-order valence-electron chi connectivity index (χ4n) is 0.976. The van der Waals surface area contributed by atoms with E-state index < -0.39 is 29.3 Å². The molecule has 0 aromatic heterocycles. The maximum absolute atomic E-state index is 12.1. The minimum absolute atomic E-state index is 0.544. The van der Waals surface area contributed by atoms with Crippen molar-refractivity contribution in [1.82, 2.24) is 0 Å². The third-order valence-electron chi connectivity index (χ3n) is 1.73. The predicted octanol–water partition coefficient (Wildman–Crippen LogP) is 1.66. The van der Waals surface area contributed by atoms with Crippen molar-refractivity contribution >= 4 is 0 Å². The Kier molecular flexibility index (Phi) is 2.57. The van der Waals surface area contributed by atoms with E-state index in [0.717, 1.165) is 12.1 Å². The molecule has 3 nitrogen and oxygen atoms in total. The first-order valence-electron chi connectivity index (χ1n) is 3.67. The molecule has 0 radical (unpaired) electrons. The Bertz CT molecular complexity index is 338. The lowest BCUT2D eigenvalue weighted by atomic mass is 10.1. The number of rotatable bonds is 1. The van der Waals surface area contributed by atoms with E-state index in [1.807, 2.05) is 0 Å². The van der Waals surface area contributed by atoms with Crippen molar-refractivity contribution in [2.24, 2.45) is 5.73 Å². The number of alkyl halides is 3. The average Bonchev–Trinajstić information content (AvgIpc) is 2.07. The molecule has 0 aliphatic heterocycles. The van der Waals surface area contributed by atoms with E-state index in [9.17, 15) is 13.2 Å². The lowest BCUT2D eigenvalue weighted by Gasteiger charge is -2.17. The smallest absolute Gasteiger partial charge is 0.407 e. The van der Waals surface area contributed by atoms with Crippen molar-refractivity contribution in [1.29, 1.82) is 0 Å². The largest absolute Gasteiger partial charge is 0.504 e. The fraction of sp³-hybridized carbons (Fsp3) is 0.250. The number of para-hydroxylation sites is 1. The van der Waals surface area contributed by atoms with Gasteiger partial charge in [-0.15, -0.1) is 0 Å². The first-order chi connectivity index (χ1) is 6.34. The highest BCUT2D eigenvalue weighted by atomic mass is 19.4. The van der Waals surface area contributed by atoms with Crippen molar-refractivity contribution in [3.8, 4) is 11.5 Å². The Balaban J connectivity index is 3.14.